The van der Waals surface area contributed by atoms with Crippen LogP contribution in [0, 0.1) is 5.92 Å². The molecule has 1 atom stereocenters. The summed E-state index contributed by atoms with van der Waals surface area (Å²) >= 11 is 6.93. The number of nitrogens with zero attached hydrogens (tertiary/aromatic N) is 1. The molecule has 0 aromatic carbocycles. The van der Waals surface area contributed by atoms with E-state index in [1.165, 1.54) is 0 Å². The monoisotopic (exact) mass is 308 g/mol. The molecule has 1 aliphatic rings. The molecular weight excluding hydrogens is 292 g/mol. The number of thiophene rings is 1. The summed E-state index contributed by atoms with van der Waals surface area (Å²) in [6.45, 7) is 2.06. The van der Waals surface area contributed by atoms with Gasteiger partial charge in [0.15, 0.2) is 0 Å². The van der Waals surface area contributed by atoms with Crippen molar-refractivity contribution in [2.24, 2.45) is 5.92 Å². The largest absolute Gasteiger partial charge is 0.319 e. The van der Waals surface area contributed by atoms with Gasteiger partial charge in [0.2, 0.25) is 0 Å². The van der Waals surface area contributed by atoms with E-state index in [1.54, 1.807) is 16.4 Å². The Morgan fingerprint density at radius 2 is 2.33 bits per heavy atom. The highest BCUT2D eigenvalue weighted by atomic mass is 35.5. The van der Waals surface area contributed by atoms with Crippen LogP contribution in [0.5, 0.6) is 0 Å². The molecule has 102 valence electrons. The van der Waals surface area contributed by atoms with Crippen molar-refractivity contribution in [3.8, 4) is 0 Å². The number of piperidine rings is 1. The predicted molar refractivity (Wildman–Crippen MR) is 74.7 cm³/mol. The summed E-state index contributed by atoms with van der Waals surface area (Å²) < 4.78 is 27.3. The van der Waals surface area contributed by atoms with Crippen molar-refractivity contribution in [3.05, 3.63) is 16.5 Å². The molecular formula is C11H17ClN2O2S2. The molecule has 1 saturated heterocycles. The van der Waals surface area contributed by atoms with E-state index in [0.29, 0.717) is 27.6 Å². The van der Waals surface area contributed by atoms with Crippen LogP contribution in [0.25, 0.3) is 0 Å². The predicted octanol–water partition coefficient (Wildman–Crippen LogP) is 2.02. The second-order valence-electron chi connectivity index (χ2n) is 4.49. The zero-order valence-electron chi connectivity index (χ0n) is 10.2. The SMILES string of the molecule is CNCC1CCCN(S(=O)(=O)c2ccc(Cl)s2)C1. The van der Waals surface area contributed by atoms with Crippen LogP contribution in [0.1, 0.15) is 12.8 Å². The first kappa shape index (κ1) is 14.3. The van der Waals surface area contributed by atoms with Gasteiger partial charge in [-0.3, -0.25) is 0 Å². The molecule has 1 aromatic rings. The lowest BCUT2D eigenvalue weighted by molar-refractivity contribution is 0.264. The molecule has 18 heavy (non-hydrogen) atoms. The Labute approximate surface area is 117 Å². The summed E-state index contributed by atoms with van der Waals surface area (Å²) in [5, 5.41) is 3.11. The second-order valence-corrected chi connectivity index (χ2v) is 8.37. The fraction of sp³-hybridized carbons (Fsp3) is 0.636. The van der Waals surface area contributed by atoms with Gasteiger partial charge in [-0.05, 0) is 44.5 Å². The maximum absolute atomic E-state index is 12.4. The molecule has 1 aliphatic heterocycles. The zero-order chi connectivity index (χ0) is 13.2. The summed E-state index contributed by atoms with van der Waals surface area (Å²) in [6.07, 6.45) is 2.00. The average molecular weight is 309 g/mol. The number of sulfonamides is 1. The molecule has 4 nitrogen and oxygen atoms in total. The minimum absolute atomic E-state index is 0.345. The molecule has 0 aliphatic carbocycles. The van der Waals surface area contributed by atoms with Gasteiger partial charge >= 0.3 is 0 Å². The first-order valence-corrected chi connectivity index (χ1v) is 8.57. The molecule has 0 spiro atoms. The molecule has 1 fully saturated rings. The minimum Gasteiger partial charge on any atom is -0.319 e. The van der Waals surface area contributed by atoms with Gasteiger partial charge in [-0.15, -0.1) is 11.3 Å². The highest BCUT2D eigenvalue weighted by Crippen LogP contribution is 2.30. The molecule has 1 aromatic heterocycles. The Kier molecular flexibility index (Phi) is 4.66. The third kappa shape index (κ3) is 3.05. The lowest BCUT2D eigenvalue weighted by Crippen LogP contribution is -2.42. The third-order valence-corrected chi connectivity index (χ3v) is 6.68. The fourth-order valence-electron chi connectivity index (χ4n) is 2.26. The minimum atomic E-state index is -3.35. The highest BCUT2D eigenvalue weighted by molar-refractivity contribution is 7.91. The van der Waals surface area contributed by atoms with Crippen LogP contribution in [0.4, 0.5) is 0 Å². The van der Waals surface area contributed by atoms with Crippen LogP contribution in [0.15, 0.2) is 16.3 Å². The first-order chi connectivity index (χ1) is 8.54. The Hall–Kier alpha value is -0.140. The molecule has 0 saturated carbocycles. The lowest BCUT2D eigenvalue weighted by atomic mass is 10.00. The Balaban J connectivity index is 2.15. The Morgan fingerprint density at radius 1 is 1.56 bits per heavy atom. The van der Waals surface area contributed by atoms with Gasteiger partial charge in [0.1, 0.15) is 4.21 Å². The summed E-state index contributed by atoms with van der Waals surface area (Å²) in [7, 11) is -1.46. The summed E-state index contributed by atoms with van der Waals surface area (Å²) in [5.74, 6) is 0.397. The second kappa shape index (κ2) is 5.88. The van der Waals surface area contributed by atoms with E-state index >= 15 is 0 Å². The number of halogens is 1. The fourth-order valence-corrected chi connectivity index (χ4v) is 5.46. The number of nitrogens with one attached hydrogen (secondary N) is 1. The molecule has 7 heteroatoms. The van der Waals surface area contributed by atoms with Gasteiger partial charge < -0.3 is 5.32 Å². The lowest BCUT2D eigenvalue weighted by Gasteiger charge is -2.31. The van der Waals surface area contributed by atoms with Gasteiger partial charge in [-0.1, -0.05) is 11.6 Å². The molecule has 2 heterocycles. The van der Waals surface area contributed by atoms with Gasteiger partial charge in [-0.2, -0.15) is 4.31 Å². The van der Waals surface area contributed by atoms with E-state index in [9.17, 15) is 8.42 Å². The molecule has 0 amide bonds. The molecule has 0 bridgehead atoms. The van der Waals surface area contributed by atoms with Crippen molar-refractivity contribution in [3.63, 3.8) is 0 Å². The van der Waals surface area contributed by atoms with Crippen molar-refractivity contribution >= 4 is 33.0 Å². The maximum atomic E-state index is 12.4. The van der Waals surface area contributed by atoms with Crippen LogP contribution in [0.3, 0.4) is 0 Å². The smallest absolute Gasteiger partial charge is 0.252 e. The van der Waals surface area contributed by atoms with Gasteiger partial charge in [-0.25, -0.2) is 8.42 Å². The first-order valence-electron chi connectivity index (χ1n) is 5.94. The number of rotatable bonds is 4. The standard InChI is InChI=1S/C11H17ClN2O2S2/c1-13-7-9-3-2-6-14(8-9)18(15,16)11-5-4-10(12)17-11/h4-5,9,13H,2-3,6-8H2,1H3. The van der Waals surface area contributed by atoms with Crippen LogP contribution in [-0.4, -0.2) is 39.4 Å². The van der Waals surface area contributed by atoms with Crippen molar-refractivity contribution < 1.29 is 8.42 Å². The zero-order valence-corrected chi connectivity index (χ0v) is 12.6. The van der Waals surface area contributed by atoms with E-state index in [0.717, 1.165) is 30.7 Å². The summed E-state index contributed by atoms with van der Waals surface area (Å²) in [4.78, 5) is 0. The molecule has 0 radical (unpaired) electrons. The van der Waals surface area contributed by atoms with Crippen molar-refractivity contribution in [2.75, 3.05) is 26.7 Å². The van der Waals surface area contributed by atoms with E-state index in [2.05, 4.69) is 5.32 Å². The van der Waals surface area contributed by atoms with Crippen molar-refractivity contribution in [2.45, 2.75) is 17.1 Å². The van der Waals surface area contributed by atoms with Gasteiger partial charge in [0, 0.05) is 13.1 Å². The van der Waals surface area contributed by atoms with E-state index in [1.807, 2.05) is 7.05 Å². The number of hydrogen-bond acceptors (Lipinski definition) is 4. The van der Waals surface area contributed by atoms with Crippen LogP contribution < -0.4 is 5.32 Å². The van der Waals surface area contributed by atoms with Gasteiger partial charge in [0.25, 0.3) is 10.0 Å². The third-order valence-electron chi connectivity index (χ3n) is 3.12. The topological polar surface area (TPSA) is 49.4 Å². The quantitative estimate of drug-likeness (QED) is 0.926. The normalized spacial score (nSPS) is 22.2. The number of hydrogen-bond donors (Lipinski definition) is 1. The van der Waals surface area contributed by atoms with Crippen LogP contribution >= 0.6 is 22.9 Å². The van der Waals surface area contributed by atoms with Crippen molar-refractivity contribution in [1.29, 1.82) is 0 Å². The summed E-state index contributed by atoms with van der Waals surface area (Å²) in [6, 6.07) is 3.22. The Bertz CT molecular complexity index is 499. The van der Waals surface area contributed by atoms with Crippen LogP contribution in [-0.2, 0) is 10.0 Å². The van der Waals surface area contributed by atoms with Crippen molar-refractivity contribution in [1.82, 2.24) is 9.62 Å². The molecule has 1 N–H and O–H groups in total. The molecule has 2 rings (SSSR count). The van der Waals surface area contributed by atoms with Crippen LogP contribution in [0.2, 0.25) is 4.34 Å². The Morgan fingerprint density at radius 3 is 2.94 bits per heavy atom. The average Bonchev–Trinajstić information content (AvgIpc) is 2.77. The maximum Gasteiger partial charge on any atom is 0.252 e. The van der Waals surface area contributed by atoms with E-state index < -0.39 is 10.0 Å². The van der Waals surface area contributed by atoms with E-state index in [4.69, 9.17) is 11.6 Å². The molecule has 1 unspecified atom stereocenters. The van der Waals surface area contributed by atoms with E-state index in [-0.39, 0.29) is 0 Å². The van der Waals surface area contributed by atoms with Gasteiger partial charge in [0.05, 0.1) is 4.34 Å². The summed E-state index contributed by atoms with van der Waals surface area (Å²) in [5.41, 5.74) is 0. The highest BCUT2D eigenvalue weighted by Gasteiger charge is 2.30.